The van der Waals surface area contributed by atoms with Gasteiger partial charge < -0.3 is 19.5 Å². The molecular weight excluding hydrogens is 560 g/mol. The van der Waals surface area contributed by atoms with E-state index in [1.807, 2.05) is 49.2 Å². The molecule has 0 fully saturated rings. The van der Waals surface area contributed by atoms with E-state index in [0.29, 0.717) is 13.2 Å². The molecule has 1 atom stereocenters. The van der Waals surface area contributed by atoms with Crippen LogP contribution in [-0.2, 0) is 34.0 Å². The number of alkyl halides is 6. The van der Waals surface area contributed by atoms with Crippen molar-refractivity contribution in [1.29, 1.82) is 0 Å². The summed E-state index contributed by atoms with van der Waals surface area (Å²) >= 11 is 1.70. The van der Waals surface area contributed by atoms with E-state index in [9.17, 15) is 26.3 Å². The Balaban J connectivity index is 0.000000317. The minimum absolute atomic E-state index is 0.260. The number of imidazole rings is 1. The van der Waals surface area contributed by atoms with Gasteiger partial charge in [0, 0.05) is 36.6 Å². The molecule has 3 aromatic heterocycles. The largest absolute Gasteiger partial charge is 0.490 e. The Morgan fingerprint density at radius 2 is 1.77 bits per heavy atom. The minimum Gasteiger partial charge on any atom is -0.475 e. The van der Waals surface area contributed by atoms with Crippen molar-refractivity contribution in [3.05, 3.63) is 64.4 Å². The number of hydrogen-bond donors (Lipinski definition) is 2. The standard InChI is InChI=1S/C18H21N5OS.2C2HF3O2/c1-14-3-2-4-15(21-14)11-24-12-17-9-22(10-18-20-5-6-25-18)8-16-7-19-13-23(16)17;2*3-2(4,5)1(6)7/h2-7,13,17H,8-12H2,1H3;2*(H,6,7). The van der Waals surface area contributed by atoms with Crippen molar-refractivity contribution in [2.45, 2.75) is 45.0 Å². The third-order valence-electron chi connectivity index (χ3n) is 4.83. The van der Waals surface area contributed by atoms with E-state index >= 15 is 0 Å². The zero-order chi connectivity index (χ0) is 29.2. The summed E-state index contributed by atoms with van der Waals surface area (Å²) in [7, 11) is 0. The van der Waals surface area contributed by atoms with Crippen molar-refractivity contribution in [1.82, 2.24) is 24.4 Å². The Morgan fingerprint density at radius 1 is 1.13 bits per heavy atom. The van der Waals surface area contributed by atoms with Gasteiger partial charge in [0.25, 0.3) is 0 Å². The molecule has 0 radical (unpaired) electrons. The number of carbonyl (C=O) groups is 2. The summed E-state index contributed by atoms with van der Waals surface area (Å²) in [4.78, 5) is 33.4. The zero-order valence-corrected chi connectivity index (χ0v) is 21.0. The number of halogens is 6. The Bertz CT molecular complexity index is 1180. The van der Waals surface area contributed by atoms with Crippen LogP contribution in [0.25, 0.3) is 0 Å². The van der Waals surface area contributed by atoms with Gasteiger partial charge in [-0.05, 0) is 19.1 Å². The van der Waals surface area contributed by atoms with Gasteiger partial charge in [0.05, 0.1) is 43.5 Å². The molecule has 4 heterocycles. The normalized spacial score (nSPS) is 15.3. The average Bonchev–Trinajstić information content (AvgIpc) is 3.51. The van der Waals surface area contributed by atoms with Gasteiger partial charge in [-0.1, -0.05) is 6.07 Å². The lowest BCUT2D eigenvalue weighted by molar-refractivity contribution is -0.193. The van der Waals surface area contributed by atoms with Gasteiger partial charge in [-0.2, -0.15) is 26.3 Å². The van der Waals surface area contributed by atoms with Gasteiger partial charge in [-0.3, -0.25) is 9.88 Å². The molecule has 1 aliphatic heterocycles. The molecule has 17 heteroatoms. The van der Waals surface area contributed by atoms with Crippen molar-refractivity contribution in [2.75, 3.05) is 13.2 Å². The highest BCUT2D eigenvalue weighted by atomic mass is 32.1. The number of aromatic nitrogens is 4. The van der Waals surface area contributed by atoms with E-state index in [1.54, 1.807) is 11.3 Å². The van der Waals surface area contributed by atoms with E-state index in [4.69, 9.17) is 24.5 Å². The number of fused-ring (bicyclic) bond motifs is 1. The lowest BCUT2D eigenvalue weighted by atomic mass is 10.2. The molecule has 3 aromatic rings. The highest BCUT2D eigenvalue weighted by Gasteiger charge is 2.38. The van der Waals surface area contributed by atoms with Crippen LogP contribution >= 0.6 is 11.3 Å². The maximum atomic E-state index is 10.6. The summed E-state index contributed by atoms with van der Waals surface area (Å²) in [5, 5.41) is 17.4. The van der Waals surface area contributed by atoms with Crippen LogP contribution in [0.1, 0.15) is 28.1 Å². The van der Waals surface area contributed by atoms with Crippen LogP contribution in [0.15, 0.2) is 42.3 Å². The Morgan fingerprint density at radius 3 is 2.31 bits per heavy atom. The molecule has 10 nitrogen and oxygen atoms in total. The molecule has 0 saturated carbocycles. The molecule has 0 aliphatic carbocycles. The van der Waals surface area contributed by atoms with E-state index in [0.717, 1.165) is 36.0 Å². The Kier molecular flexibility index (Phi) is 11.4. The Hall–Kier alpha value is -3.57. The van der Waals surface area contributed by atoms with Gasteiger partial charge >= 0.3 is 24.3 Å². The smallest absolute Gasteiger partial charge is 0.475 e. The van der Waals surface area contributed by atoms with Crippen LogP contribution < -0.4 is 0 Å². The van der Waals surface area contributed by atoms with Gasteiger partial charge in [-0.25, -0.2) is 19.6 Å². The zero-order valence-electron chi connectivity index (χ0n) is 20.2. The van der Waals surface area contributed by atoms with Crippen molar-refractivity contribution in [3.8, 4) is 0 Å². The van der Waals surface area contributed by atoms with Crippen molar-refractivity contribution >= 4 is 23.3 Å². The van der Waals surface area contributed by atoms with Crippen LogP contribution in [0.2, 0.25) is 0 Å². The third kappa shape index (κ3) is 11.0. The molecule has 0 saturated heterocycles. The number of aliphatic carboxylic acids is 2. The molecule has 1 unspecified atom stereocenters. The fourth-order valence-corrected chi connectivity index (χ4v) is 3.88. The lowest BCUT2D eigenvalue weighted by Gasteiger charge is -2.33. The summed E-state index contributed by atoms with van der Waals surface area (Å²) in [6.45, 7) is 5.89. The second kappa shape index (κ2) is 14.0. The number of thiazole rings is 1. The monoisotopic (exact) mass is 583 g/mol. The van der Waals surface area contributed by atoms with Crippen LogP contribution in [0, 0.1) is 6.92 Å². The fraction of sp³-hybridized carbons (Fsp3) is 0.409. The molecule has 1 aliphatic rings. The van der Waals surface area contributed by atoms with E-state index in [1.165, 1.54) is 5.69 Å². The molecular formula is C22H23F6N5O5S. The van der Waals surface area contributed by atoms with Gasteiger partial charge in [0.2, 0.25) is 0 Å². The maximum Gasteiger partial charge on any atom is 0.490 e. The third-order valence-corrected chi connectivity index (χ3v) is 5.59. The number of pyridine rings is 1. The van der Waals surface area contributed by atoms with Gasteiger partial charge in [-0.15, -0.1) is 11.3 Å². The molecule has 4 rings (SSSR count). The predicted octanol–water partition coefficient (Wildman–Crippen LogP) is 4.08. The SMILES string of the molecule is Cc1cccc(COCC2CN(Cc3nccs3)Cc3cncn32)n1.O=C(O)C(F)(F)F.O=C(O)C(F)(F)F. The van der Waals surface area contributed by atoms with Crippen molar-refractivity contribution < 1.29 is 50.9 Å². The summed E-state index contributed by atoms with van der Waals surface area (Å²) in [5.41, 5.74) is 3.22. The second-order valence-corrected chi connectivity index (χ2v) is 8.91. The number of rotatable bonds is 6. The fourth-order valence-electron chi connectivity index (χ4n) is 3.22. The first-order valence-electron chi connectivity index (χ1n) is 10.9. The molecule has 0 spiro atoms. The number of aryl methyl sites for hydroxylation is 1. The summed E-state index contributed by atoms with van der Waals surface area (Å²) in [5.74, 6) is -5.51. The first kappa shape index (κ1) is 31.6. The quantitative estimate of drug-likeness (QED) is 0.412. The highest BCUT2D eigenvalue weighted by Crippen LogP contribution is 2.23. The molecule has 0 amide bonds. The van der Waals surface area contributed by atoms with Crippen LogP contribution in [0.3, 0.4) is 0 Å². The minimum atomic E-state index is -5.08. The average molecular weight is 584 g/mol. The van der Waals surface area contributed by atoms with E-state index < -0.39 is 24.3 Å². The second-order valence-electron chi connectivity index (χ2n) is 7.93. The summed E-state index contributed by atoms with van der Waals surface area (Å²) < 4.78 is 71.7. The molecule has 0 aromatic carbocycles. The van der Waals surface area contributed by atoms with Crippen molar-refractivity contribution in [3.63, 3.8) is 0 Å². The van der Waals surface area contributed by atoms with Gasteiger partial charge in [0.1, 0.15) is 5.01 Å². The van der Waals surface area contributed by atoms with Crippen LogP contribution in [0.5, 0.6) is 0 Å². The van der Waals surface area contributed by atoms with E-state index in [2.05, 4.69) is 24.4 Å². The first-order chi connectivity index (χ1) is 18.2. The maximum absolute atomic E-state index is 10.6. The molecule has 39 heavy (non-hydrogen) atoms. The van der Waals surface area contributed by atoms with Crippen molar-refractivity contribution in [2.24, 2.45) is 0 Å². The van der Waals surface area contributed by atoms with Crippen LogP contribution in [0.4, 0.5) is 26.3 Å². The first-order valence-corrected chi connectivity index (χ1v) is 11.8. The predicted molar refractivity (Wildman–Crippen MR) is 124 cm³/mol. The lowest BCUT2D eigenvalue weighted by Crippen LogP contribution is -2.38. The molecule has 214 valence electrons. The summed E-state index contributed by atoms with van der Waals surface area (Å²) in [6, 6.07) is 6.28. The Labute approximate surface area is 221 Å². The molecule has 2 N–H and O–H groups in total. The summed E-state index contributed by atoms with van der Waals surface area (Å²) in [6.07, 6.45) is -4.44. The molecule has 0 bridgehead atoms. The van der Waals surface area contributed by atoms with Gasteiger partial charge in [0.15, 0.2) is 0 Å². The number of carboxylic acids is 2. The number of nitrogens with zero attached hydrogens (tertiary/aromatic N) is 5. The van der Waals surface area contributed by atoms with Crippen LogP contribution in [-0.4, -0.2) is 72.1 Å². The number of hydrogen-bond acceptors (Lipinski definition) is 8. The van der Waals surface area contributed by atoms with E-state index in [-0.39, 0.29) is 6.04 Å². The highest BCUT2D eigenvalue weighted by molar-refractivity contribution is 7.09. The number of ether oxygens (including phenoxy) is 1. The topological polar surface area (TPSA) is 131 Å². The number of carboxylic acid groups (broad SMARTS) is 2.